The molecule has 0 aliphatic carbocycles. The van der Waals surface area contributed by atoms with E-state index in [9.17, 15) is 22.4 Å². The van der Waals surface area contributed by atoms with Crippen LogP contribution in [0.25, 0.3) is 0 Å². The van der Waals surface area contributed by atoms with Gasteiger partial charge in [-0.15, -0.1) is 0 Å². The first-order valence-electron chi connectivity index (χ1n) is 11.4. The van der Waals surface area contributed by atoms with Gasteiger partial charge in [0.2, 0.25) is 0 Å². The first kappa shape index (κ1) is 27.2. The molecular formula is C27H24Cl2F4N2O2. The van der Waals surface area contributed by atoms with Crippen LogP contribution in [-0.4, -0.2) is 49.0 Å². The number of likely N-dealkylation sites (N-methyl/N-ethyl adjacent to an activating group) is 1. The molecule has 3 aromatic rings. The van der Waals surface area contributed by atoms with Crippen molar-refractivity contribution in [2.45, 2.75) is 24.7 Å². The van der Waals surface area contributed by atoms with Crippen LogP contribution in [0.15, 0.2) is 60.7 Å². The minimum atomic E-state index is -4.77. The van der Waals surface area contributed by atoms with Crippen LogP contribution in [-0.2, 0) is 12.7 Å². The van der Waals surface area contributed by atoms with Gasteiger partial charge in [-0.05, 0) is 54.6 Å². The lowest BCUT2D eigenvalue weighted by Gasteiger charge is -2.29. The Morgan fingerprint density at radius 1 is 1.05 bits per heavy atom. The number of para-hydroxylation sites is 1. The van der Waals surface area contributed by atoms with Crippen molar-refractivity contribution in [1.29, 1.82) is 0 Å². The molecule has 2 atom stereocenters. The lowest BCUT2D eigenvalue weighted by atomic mass is 9.93. The molecule has 0 saturated carbocycles. The molecule has 0 aromatic heterocycles. The highest BCUT2D eigenvalue weighted by molar-refractivity contribution is 6.42. The fourth-order valence-electron chi connectivity index (χ4n) is 4.75. The van der Waals surface area contributed by atoms with Crippen molar-refractivity contribution in [3.8, 4) is 5.75 Å². The average molecular weight is 555 g/mol. The zero-order chi connectivity index (χ0) is 26.9. The van der Waals surface area contributed by atoms with Crippen LogP contribution < -0.4 is 4.74 Å². The quantitative estimate of drug-likeness (QED) is 0.311. The SMILES string of the molecule is COc1ccccc1C(=O)N1CC(N(C)Cc2ccc(C(F)(F)F)c(F)c2)[C@@H](c2ccc(Cl)c(Cl)c2)C1. The van der Waals surface area contributed by atoms with E-state index in [1.807, 2.05) is 11.0 Å². The number of rotatable bonds is 6. The number of nitrogens with zero attached hydrogens (tertiary/aromatic N) is 2. The number of halogens is 6. The second-order valence-electron chi connectivity index (χ2n) is 8.98. The van der Waals surface area contributed by atoms with Crippen molar-refractivity contribution in [1.82, 2.24) is 9.80 Å². The van der Waals surface area contributed by atoms with E-state index < -0.39 is 17.6 Å². The molecule has 10 heteroatoms. The average Bonchev–Trinajstić information content (AvgIpc) is 3.30. The Labute approximate surface area is 222 Å². The Hall–Kier alpha value is -2.81. The number of amides is 1. The van der Waals surface area contributed by atoms with E-state index in [-0.39, 0.29) is 24.4 Å². The van der Waals surface area contributed by atoms with Gasteiger partial charge in [0.1, 0.15) is 11.6 Å². The number of likely N-dealkylation sites (tertiary alicyclic amines) is 1. The maximum atomic E-state index is 14.2. The molecule has 0 N–H and O–H groups in total. The van der Waals surface area contributed by atoms with Gasteiger partial charge in [-0.25, -0.2) is 4.39 Å². The molecule has 1 fully saturated rings. The van der Waals surface area contributed by atoms with E-state index in [4.69, 9.17) is 27.9 Å². The zero-order valence-corrected chi connectivity index (χ0v) is 21.5. The van der Waals surface area contributed by atoms with Gasteiger partial charge in [0.05, 0.1) is 28.3 Å². The number of carbonyl (C=O) groups excluding carboxylic acids is 1. The van der Waals surface area contributed by atoms with Crippen molar-refractivity contribution in [2.24, 2.45) is 0 Å². The largest absolute Gasteiger partial charge is 0.496 e. The Bertz CT molecular complexity index is 1300. The monoisotopic (exact) mass is 554 g/mol. The molecule has 37 heavy (non-hydrogen) atoms. The Morgan fingerprint density at radius 2 is 1.78 bits per heavy atom. The van der Waals surface area contributed by atoms with Gasteiger partial charge in [-0.2, -0.15) is 13.2 Å². The van der Waals surface area contributed by atoms with Crippen molar-refractivity contribution >= 4 is 29.1 Å². The van der Waals surface area contributed by atoms with Crippen LogP contribution in [0.3, 0.4) is 0 Å². The van der Waals surface area contributed by atoms with Gasteiger partial charge in [0, 0.05) is 31.6 Å². The summed E-state index contributed by atoms with van der Waals surface area (Å²) >= 11 is 12.4. The highest BCUT2D eigenvalue weighted by Crippen LogP contribution is 2.36. The molecule has 1 heterocycles. The summed E-state index contributed by atoms with van der Waals surface area (Å²) in [6.07, 6.45) is -4.77. The molecule has 1 unspecified atom stereocenters. The second-order valence-corrected chi connectivity index (χ2v) is 9.80. The zero-order valence-electron chi connectivity index (χ0n) is 20.0. The molecule has 196 valence electrons. The fraction of sp³-hybridized carbons (Fsp3) is 0.296. The normalized spacial score (nSPS) is 17.9. The summed E-state index contributed by atoms with van der Waals surface area (Å²) in [6, 6.07) is 14.9. The van der Waals surface area contributed by atoms with E-state index in [1.54, 1.807) is 48.3 Å². The summed E-state index contributed by atoms with van der Waals surface area (Å²) in [5.41, 5.74) is 0.364. The summed E-state index contributed by atoms with van der Waals surface area (Å²) in [5, 5.41) is 0.774. The maximum Gasteiger partial charge on any atom is 0.419 e. The van der Waals surface area contributed by atoms with Crippen LogP contribution >= 0.6 is 23.2 Å². The van der Waals surface area contributed by atoms with E-state index in [0.29, 0.717) is 40.0 Å². The van der Waals surface area contributed by atoms with E-state index in [0.717, 1.165) is 17.7 Å². The highest BCUT2D eigenvalue weighted by atomic mass is 35.5. The number of benzene rings is 3. The predicted octanol–water partition coefficient (Wildman–Crippen LogP) is 6.90. The minimum absolute atomic E-state index is 0.175. The van der Waals surface area contributed by atoms with Crippen molar-refractivity contribution in [3.63, 3.8) is 0 Å². The smallest absolute Gasteiger partial charge is 0.419 e. The van der Waals surface area contributed by atoms with Gasteiger partial charge in [-0.1, -0.05) is 47.5 Å². The van der Waals surface area contributed by atoms with Gasteiger partial charge in [0.15, 0.2) is 0 Å². The van der Waals surface area contributed by atoms with E-state index in [2.05, 4.69) is 0 Å². The molecule has 1 aliphatic rings. The Balaban J connectivity index is 1.63. The number of methoxy groups -OCH3 is 1. The Morgan fingerprint density at radius 3 is 2.43 bits per heavy atom. The van der Waals surface area contributed by atoms with Crippen LogP contribution in [0.5, 0.6) is 5.75 Å². The number of hydrogen-bond acceptors (Lipinski definition) is 3. The number of alkyl halides is 3. The first-order chi connectivity index (χ1) is 17.5. The minimum Gasteiger partial charge on any atom is -0.496 e. The van der Waals surface area contributed by atoms with Crippen LogP contribution in [0.2, 0.25) is 10.0 Å². The lowest BCUT2D eigenvalue weighted by molar-refractivity contribution is -0.140. The van der Waals surface area contributed by atoms with Crippen LogP contribution in [0.1, 0.15) is 33.0 Å². The number of carbonyl (C=O) groups is 1. The van der Waals surface area contributed by atoms with Gasteiger partial charge < -0.3 is 9.64 Å². The Kier molecular flexibility index (Phi) is 8.02. The third-order valence-electron chi connectivity index (χ3n) is 6.62. The molecule has 3 aromatic carbocycles. The molecule has 0 bridgehead atoms. The van der Waals surface area contributed by atoms with Gasteiger partial charge in [0.25, 0.3) is 5.91 Å². The van der Waals surface area contributed by atoms with Gasteiger partial charge in [-0.3, -0.25) is 9.69 Å². The summed E-state index contributed by atoms with van der Waals surface area (Å²) in [7, 11) is 3.29. The van der Waals surface area contributed by atoms with Crippen LogP contribution in [0.4, 0.5) is 17.6 Å². The molecule has 0 spiro atoms. The van der Waals surface area contributed by atoms with Gasteiger partial charge >= 0.3 is 6.18 Å². The first-order valence-corrected chi connectivity index (χ1v) is 12.2. The molecule has 1 aliphatic heterocycles. The molecule has 0 radical (unpaired) electrons. The third kappa shape index (κ3) is 5.87. The van der Waals surface area contributed by atoms with Crippen molar-refractivity contribution < 1.29 is 27.1 Å². The van der Waals surface area contributed by atoms with Crippen molar-refractivity contribution in [3.05, 3.63) is 98.8 Å². The number of hydrogen-bond donors (Lipinski definition) is 0. The standard InChI is InChI=1S/C27H24Cl2F4N2O2/c1-34(13-16-7-9-20(23(30)11-16)27(31,32)33)24-15-35(26(36)18-5-3-4-6-25(18)37-2)14-19(24)17-8-10-21(28)22(29)12-17/h3-12,19,24H,13-15H2,1-2H3/t19-,24?/m1/s1. The molecule has 1 saturated heterocycles. The maximum absolute atomic E-state index is 14.2. The lowest BCUT2D eigenvalue weighted by Crippen LogP contribution is -2.38. The topological polar surface area (TPSA) is 32.8 Å². The van der Waals surface area contributed by atoms with E-state index in [1.165, 1.54) is 13.2 Å². The van der Waals surface area contributed by atoms with Crippen LogP contribution in [0, 0.1) is 5.82 Å². The molecular weight excluding hydrogens is 531 g/mol. The highest BCUT2D eigenvalue weighted by Gasteiger charge is 2.40. The predicted molar refractivity (Wildman–Crippen MR) is 135 cm³/mol. The van der Waals surface area contributed by atoms with Crippen molar-refractivity contribution in [2.75, 3.05) is 27.2 Å². The van der Waals surface area contributed by atoms with E-state index >= 15 is 0 Å². The summed E-state index contributed by atoms with van der Waals surface area (Å²) in [4.78, 5) is 17.1. The fourth-order valence-corrected chi connectivity index (χ4v) is 5.06. The molecule has 4 rings (SSSR count). The second kappa shape index (κ2) is 10.9. The summed E-state index contributed by atoms with van der Waals surface area (Å²) < 4.78 is 58.5. The molecule has 1 amide bonds. The third-order valence-corrected chi connectivity index (χ3v) is 7.36. The summed E-state index contributed by atoms with van der Waals surface area (Å²) in [5.74, 6) is -1.26. The molecule has 4 nitrogen and oxygen atoms in total. The summed E-state index contributed by atoms with van der Waals surface area (Å²) in [6.45, 7) is 0.876. The number of ether oxygens (including phenoxy) is 1.